The Labute approximate surface area is 223 Å². The molecule has 0 heterocycles. The third-order valence-corrected chi connectivity index (χ3v) is 8.42. The second kappa shape index (κ2) is 12.3. The molecule has 1 fully saturated rings. The van der Waals surface area contributed by atoms with Gasteiger partial charge in [-0.1, -0.05) is 61.2 Å². The van der Waals surface area contributed by atoms with Crippen LogP contribution in [-0.2, 0) is 32.6 Å². The minimum Gasteiger partial charge on any atom is -0.352 e. The smallest absolute Gasteiger partial charge is 0.244 e. The van der Waals surface area contributed by atoms with Crippen molar-refractivity contribution in [2.45, 2.75) is 64.6 Å². The first kappa shape index (κ1) is 28.3. The summed E-state index contributed by atoms with van der Waals surface area (Å²) in [5.41, 5.74) is 1.92. The van der Waals surface area contributed by atoms with Gasteiger partial charge in [0.25, 0.3) is 0 Å². The Hall–Kier alpha value is -2.29. The van der Waals surface area contributed by atoms with Crippen molar-refractivity contribution in [2.75, 3.05) is 17.1 Å². The van der Waals surface area contributed by atoms with Gasteiger partial charge in [-0.3, -0.25) is 13.9 Å². The molecule has 1 N–H and O–H groups in total. The van der Waals surface area contributed by atoms with Crippen molar-refractivity contribution in [2.24, 2.45) is 0 Å². The van der Waals surface area contributed by atoms with E-state index in [2.05, 4.69) is 5.32 Å². The normalized spacial score (nSPS) is 14.9. The van der Waals surface area contributed by atoms with Gasteiger partial charge in [0, 0.05) is 28.2 Å². The summed E-state index contributed by atoms with van der Waals surface area (Å²) in [6.45, 7) is 3.13. The predicted octanol–water partition coefficient (Wildman–Crippen LogP) is 4.80. The molecule has 1 unspecified atom stereocenters. The number of hydrogen-bond acceptors (Lipinski definition) is 4. The number of hydrogen-bond donors (Lipinski definition) is 1. The fourth-order valence-electron chi connectivity index (χ4n) is 4.34. The highest BCUT2D eigenvalue weighted by molar-refractivity contribution is 7.92. The number of halogens is 2. The van der Waals surface area contributed by atoms with Gasteiger partial charge >= 0.3 is 0 Å². The van der Waals surface area contributed by atoms with E-state index in [9.17, 15) is 18.0 Å². The number of amides is 2. The first-order valence-electron chi connectivity index (χ1n) is 12.1. The van der Waals surface area contributed by atoms with Crippen LogP contribution in [0.15, 0.2) is 42.5 Å². The molecule has 2 amide bonds. The van der Waals surface area contributed by atoms with Crippen molar-refractivity contribution in [3.05, 3.63) is 63.6 Å². The number of carbonyl (C=O) groups excluding carboxylic acids is 2. The quantitative estimate of drug-likeness (QED) is 0.457. The van der Waals surface area contributed by atoms with Gasteiger partial charge in [-0.2, -0.15) is 0 Å². The van der Waals surface area contributed by atoms with E-state index in [0.717, 1.165) is 48.2 Å². The van der Waals surface area contributed by atoms with Gasteiger partial charge in [0.2, 0.25) is 21.8 Å². The summed E-state index contributed by atoms with van der Waals surface area (Å²) >= 11 is 12.7. The molecule has 0 aliphatic heterocycles. The minimum absolute atomic E-state index is 0.0387. The Morgan fingerprint density at radius 1 is 1.06 bits per heavy atom. The van der Waals surface area contributed by atoms with Crippen LogP contribution < -0.4 is 9.62 Å². The van der Waals surface area contributed by atoms with Crippen LogP contribution in [0.4, 0.5) is 5.69 Å². The molecule has 1 aliphatic carbocycles. The number of carbonyl (C=O) groups is 2. The molecule has 0 saturated heterocycles. The molecular weight excluding hydrogens is 521 g/mol. The fourth-order valence-corrected chi connectivity index (χ4v) is 5.71. The van der Waals surface area contributed by atoms with Crippen molar-refractivity contribution in [1.82, 2.24) is 10.2 Å². The van der Waals surface area contributed by atoms with E-state index in [-0.39, 0.29) is 18.5 Å². The van der Waals surface area contributed by atoms with E-state index in [0.29, 0.717) is 21.3 Å². The van der Waals surface area contributed by atoms with Crippen LogP contribution in [0.25, 0.3) is 0 Å². The van der Waals surface area contributed by atoms with Crippen LogP contribution >= 0.6 is 23.2 Å². The van der Waals surface area contributed by atoms with Gasteiger partial charge < -0.3 is 10.2 Å². The van der Waals surface area contributed by atoms with Gasteiger partial charge in [-0.15, -0.1) is 0 Å². The van der Waals surface area contributed by atoms with Crippen LogP contribution in [0.5, 0.6) is 0 Å². The maximum absolute atomic E-state index is 13.7. The van der Waals surface area contributed by atoms with Gasteiger partial charge in [-0.05, 0) is 56.0 Å². The van der Waals surface area contributed by atoms with Crippen molar-refractivity contribution in [1.29, 1.82) is 0 Å². The summed E-state index contributed by atoms with van der Waals surface area (Å²) in [7, 11) is -3.79. The van der Waals surface area contributed by atoms with E-state index in [1.165, 1.54) is 4.90 Å². The van der Waals surface area contributed by atoms with Crippen LogP contribution in [0.3, 0.4) is 0 Å². The molecule has 3 rings (SSSR count). The fraction of sp³-hybridized carbons (Fsp3) is 0.462. The molecule has 1 saturated carbocycles. The highest BCUT2D eigenvalue weighted by Crippen LogP contribution is 2.27. The topological polar surface area (TPSA) is 86.8 Å². The largest absolute Gasteiger partial charge is 0.352 e. The van der Waals surface area contributed by atoms with Crippen LogP contribution in [0.1, 0.15) is 50.7 Å². The molecule has 0 aromatic heterocycles. The maximum Gasteiger partial charge on any atom is 0.244 e. The Morgan fingerprint density at radius 2 is 1.64 bits per heavy atom. The van der Waals surface area contributed by atoms with Crippen LogP contribution in [-0.4, -0.2) is 50.0 Å². The lowest BCUT2D eigenvalue weighted by atomic mass is 10.1. The molecular formula is C26H33Cl2N3O4S. The lowest BCUT2D eigenvalue weighted by Crippen LogP contribution is -2.52. The number of anilines is 1. The highest BCUT2D eigenvalue weighted by atomic mass is 35.5. The predicted molar refractivity (Wildman–Crippen MR) is 145 cm³/mol. The summed E-state index contributed by atoms with van der Waals surface area (Å²) in [5, 5.41) is 3.75. The lowest BCUT2D eigenvalue weighted by molar-refractivity contribution is -0.139. The lowest BCUT2D eigenvalue weighted by Gasteiger charge is -2.32. The minimum atomic E-state index is -3.79. The Kier molecular flexibility index (Phi) is 9.66. The van der Waals surface area contributed by atoms with E-state index in [4.69, 9.17) is 23.2 Å². The maximum atomic E-state index is 13.7. The molecule has 2 aromatic rings. The Morgan fingerprint density at radius 3 is 2.17 bits per heavy atom. The molecule has 2 aromatic carbocycles. The number of nitrogens with zero attached hydrogens (tertiary/aromatic N) is 2. The summed E-state index contributed by atoms with van der Waals surface area (Å²) in [6.07, 6.45) is 5.77. The summed E-state index contributed by atoms with van der Waals surface area (Å²) in [4.78, 5) is 28.1. The first-order valence-corrected chi connectivity index (χ1v) is 14.7. The molecule has 1 atom stereocenters. The summed E-state index contributed by atoms with van der Waals surface area (Å²) in [6, 6.07) is 11.2. The van der Waals surface area contributed by atoms with Crippen molar-refractivity contribution < 1.29 is 18.0 Å². The molecule has 0 radical (unpaired) electrons. The number of benzene rings is 2. The zero-order chi connectivity index (χ0) is 26.5. The summed E-state index contributed by atoms with van der Waals surface area (Å²) in [5.74, 6) is -0.832. The van der Waals surface area contributed by atoms with Crippen molar-refractivity contribution in [3.8, 4) is 0 Å². The average Bonchev–Trinajstić information content (AvgIpc) is 3.34. The Bertz CT molecular complexity index is 1160. The second-order valence-electron chi connectivity index (χ2n) is 9.18. The summed E-state index contributed by atoms with van der Waals surface area (Å²) < 4.78 is 26.4. The molecule has 1 aliphatic rings. The van der Waals surface area contributed by atoms with Crippen LogP contribution in [0, 0.1) is 0 Å². The second-order valence-corrected chi connectivity index (χ2v) is 11.9. The molecule has 36 heavy (non-hydrogen) atoms. The molecule has 0 bridgehead atoms. The zero-order valence-electron chi connectivity index (χ0n) is 20.8. The third-order valence-electron chi connectivity index (χ3n) is 6.57. The standard InChI is InChI=1S/C26H33Cl2N3O4S/c1-4-19-12-14-21(15-13-19)31(36(3,34)35)17-25(32)30(16-22-23(27)10-7-11-24(22)28)18(2)26(33)29-20-8-5-6-9-20/h7,10-15,18,20H,4-6,8-9,16-17H2,1-3H3,(H,29,33). The number of sulfonamides is 1. The van der Waals surface area contributed by atoms with Crippen molar-refractivity contribution >= 4 is 50.7 Å². The number of aryl methyl sites for hydroxylation is 1. The molecule has 196 valence electrons. The number of nitrogens with one attached hydrogen (secondary N) is 1. The van der Waals surface area contributed by atoms with E-state index in [1.807, 2.05) is 19.1 Å². The van der Waals surface area contributed by atoms with E-state index in [1.54, 1.807) is 37.3 Å². The molecule has 7 nitrogen and oxygen atoms in total. The molecule has 0 spiro atoms. The first-order chi connectivity index (χ1) is 17.0. The zero-order valence-corrected chi connectivity index (χ0v) is 23.2. The van der Waals surface area contributed by atoms with Gasteiger partial charge in [0.15, 0.2) is 0 Å². The van der Waals surface area contributed by atoms with E-state index < -0.39 is 28.5 Å². The number of rotatable bonds is 10. The van der Waals surface area contributed by atoms with E-state index >= 15 is 0 Å². The average molecular weight is 555 g/mol. The van der Waals surface area contributed by atoms with Gasteiger partial charge in [-0.25, -0.2) is 8.42 Å². The van der Waals surface area contributed by atoms with Gasteiger partial charge in [0.05, 0.1) is 11.9 Å². The SMILES string of the molecule is CCc1ccc(N(CC(=O)N(Cc2c(Cl)cccc2Cl)C(C)C(=O)NC2CCCC2)S(C)(=O)=O)cc1. The monoisotopic (exact) mass is 553 g/mol. The third kappa shape index (κ3) is 7.14. The van der Waals surface area contributed by atoms with Gasteiger partial charge in [0.1, 0.15) is 12.6 Å². The highest BCUT2D eigenvalue weighted by Gasteiger charge is 2.32. The van der Waals surface area contributed by atoms with Crippen molar-refractivity contribution in [3.63, 3.8) is 0 Å². The Balaban J connectivity index is 1.91. The molecule has 10 heteroatoms. The van der Waals surface area contributed by atoms with Crippen LogP contribution in [0.2, 0.25) is 10.0 Å².